The lowest BCUT2D eigenvalue weighted by atomic mass is 10.0. The van der Waals surface area contributed by atoms with Crippen molar-refractivity contribution in [3.8, 4) is 17.0 Å². The minimum atomic E-state index is -3.93. The van der Waals surface area contributed by atoms with Crippen LogP contribution in [0.5, 0.6) is 5.75 Å². The Morgan fingerprint density at radius 2 is 1.73 bits per heavy atom. The fraction of sp³-hybridized carbons (Fsp3) is 0.511. The maximum Gasteiger partial charge on any atom is 0.408 e. The first-order valence-electron chi connectivity index (χ1n) is 22.4. The van der Waals surface area contributed by atoms with Gasteiger partial charge in [0.2, 0.25) is 21.8 Å². The maximum absolute atomic E-state index is 14.8. The maximum atomic E-state index is 14.8. The van der Waals surface area contributed by atoms with E-state index in [1.54, 1.807) is 6.07 Å². The quantitative estimate of drug-likeness (QED) is 0.144. The SMILES string of the molecule is CC(C)c1ccc(-c2cc(O[C@@H]3C[C@H]4C(=O)N[C@]5(C(=O)NS(=O)(=O)C6CC6)C[C@H]5C=CCCCCC[C@H](NC(=O)OC5CCCC5)C(=O)N4C3)c3oc4ccc(F)cc4c3n2)cc1. The van der Waals surface area contributed by atoms with Gasteiger partial charge in [0.05, 0.1) is 17.5 Å². The van der Waals surface area contributed by atoms with Crippen LogP contribution in [0.1, 0.15) is 109 Å². The average Bonchev–Trinajstić information content (AvgIpc) is 4.07. The number of rotatable bonds is 9. The molecular formula is C47H54FN5O9S. The molecular weight excluding hydrogens is 830 g/mol. The summed E-state index contributed by atoms with van der Waals surface area (Å²) in [6, 6.07) is 11.7. The molecule has 4 heterocycles. The molecule has 0 spiro atoms. The number of hydrogen-bond donors (Lipinski definition) is 3. The third kappa shape index (κ3) is 9.00. The normalized spacial score (nSPS) is 25.9. The molecule has 4 fully saturated rings. The number of nitrogens with one attached hydrogen (secondary N) is 3. The Labute approximate surface area is 365 Å². The highest BCUT2D eigenvalue weighted by atomic mass is 32.2. The Balaban J connectivity index is 1.06. The molecule has 14 nitrogen and oxygen atoms in total. The zero-order valence-electron chi connectivity index (χ0n) is 35.6. The van der Waals surface area contributed by atoms with Crippen molar-refractivity contribution in [2.45, 2.75) is 138 Å². The van der Waals surface area contributed by atoms with E-state index in [4.69, 9.17) is 18.9 Å². The Bertz CT molecular complexity index is 2570. The molecule has 3 aliphatic carbocycles. The van der Waals surface area contributed by atoms with Crippen LogP contribution >= 0.6 is 0 Å². The van der Waals surface area contributed by atoms with Gasteiger partial charge in [0.15, 0.2) is 11.3 Å². The molecule has 1 saturated heterocycles. The van der Waals surface area contributed by atoms with Crippen molar-refractivity contribution in [2.75, 3.05) is 6.54 Å². The summed E-state index contributed by atoms with van der Waals surface area (Å²) in [5.41, 5.74) is 1.93. The van der Waals surface area contributed by atoms with E-state index in [-0.39, 0.29) is 36.8 Å². The standard InChI is InChI=1S/C47H54FN5O9S/c1-27(2)28-14-16-29(17-15-28)37-24-40(42-41(49-37)35-22-31(48)18-21-39(35)62-42)60-33-23-38-43(54)51-47(45(56)52-63(58,59)34-19-20-34)25-30(47)10-6-4-3-5-7-13-36(44(55)53(38)26-33)50-46(57)61-32-11-8-9-12-32/h6,10,14-18,21-22,24,27,30,32-34,36,38H,3-5,7-9,11-13,19-20,23,25-26H2,1-2H3,(H,50,57)(H,51,54)(H,52,56)/t30-,33-,36+,38+,47-/m1/s1. The fourth-order valence-corrected chi connectivity index (χ4v) is 10.7. The molecule has 0 radical (unpaired) electrons. The minimum absolute atomic E-state index is 0.0213. The number of allylic oxidation sites excluding steroid dienone is 1. The predicted octanol–water partition coefficient (Wildman–Crippen LogP) is 7.30. The van der Waals surface area contributed by atoms with Crippen LogP contribution in [0.15, 0.2) is 65.1 Å². The summed E-state index contributed by atoms with van der Waals surface area (Å²) in [7, 11) is -3.93. The fourth-order valence-electron chi connectivity index (χ4n) is 9.31. The van der Waals surface area contributed by atoms with E-state index < -0.39 is 74.5 Å². The molecule has 3 saturated carbocycles. The van der Waals surface area contributed by atoms with Crippen molar-refractivity contribution in [1.82, 2.24) is 25.2 Å². The first kappa shape index (κ1) is 42.8. The number of ether oxygens (including phenoxy) is 2. The van der Waals surface area contributed by atoms with E-state index in [0.29, 0.717) is 60.2 Å². The summed E-state index contributed by atoms with van der Waals surface area (Å²) >= 11 is 0. The van der Waals surface area contributed by atoms with Crippen LogP contribution in [0, 0.1) is 11.7 Å². The Morgan fingerprint density at radius 1 is 0.968 bits per heavy atom. The Hall–Kier alpha value is -5.51. The highest BCUT2D eigenvalue weighted by Crippen LogP contribution is 2.46. The zero-order chi connectivity index (χ0) is 44.0. The van der Waals surface area contributed by atoms with Crippen LogP contribution in [0.4, 0.5) is 9.18 Å². The van der Waals surface area contributed by atoms with E-state index in [1.165, 1.54) is 23.1 Å². The molecule has 3 N–H and O–H groups in total. The summed E-state index contributed by atoms with van der Waals surface area (Å²) in [5, 5.41) is 5.52. The summed E-state index contributed by atoms with van der Waals surface area (Å²) in [6.45, 7) is 4.13. The van der Waals surface area contributed by atoms with E-state index in [9.17, 15) is 32.0 Å². The molecule has 0 unspecified atom stereocenters. The third-order valence-electron chi connectivity index (χ3n) is 13.2. The minimum Gasteiger partial charge on any atom is -0.484 e. The molecule has 4 amide bonds. The van der Waals surface area contributed by atoms with E-state index in [2.05, 4.69) is 29.2 Å². The molecule has 0 bridgehead atoms. The number of hydrogen-bond acceptors (Lipinski definition) is 10. The van der Waals surface area contributed by atoms with Crippen molar-refractivity contribution >= 4 is 55.9 Å². The van der Waals surface area contributed by atoms with Gasteiger partial charge < -0.3 is 29.4 Å². The summed E-state index contributed by atoms with van der Waals surface area (Å²) in [6.07, 6.45) is 9.64. The number of nitrogens with zero attached hydrogens (tertiary/aromatic N) is 2. The average molecular weight is 884 g/mol. The van der Waals surface area contributed by atoms with E-state index in [1.807, 2.05) is 36.4 Å². The molecule has 5 aliphatic rings. The molecule has 16 heteroatoms. The van der Waals surface area contributed by atoms with Crippen molar-refractivity contribution < 1.29 is 45.9 Å². The van der Waals surface area contributed by atoms with Gasteiger partial charge >= 0.3 is 6.09 Å². The summed E-state index contributed by atoms with van der Waals surface area (Å²) in [4.78, 5) is 63.0. The van der Waals surface area contributed by atoms with Crippen molar-refractivity contribution in [1.29, 1.82) is 0 Å². The Morgan fingerprint density at radius 3 is 2.48 bits per heavy atom. The van der Waals surface area contributed by atoms with Crippen LogP contribution in [0.25, 0.3) is 33.3 Å². The monoisotopic (exact) mass is 883 g/mol. The summed E-state index contributed by atoms with van der Waals surface area (Å²) < 4.78 is 61.6. The highest BCUT2D eigenvalue weighted by Gasteiger charge is 2.62. The lowest BCUT2D eigenvalue weighted by Gasteiger charge is -2.30. The van der Waals surface area contributed by atoms with E-state index in [0.717, 1.165) is 49.7 Å². The van der Waals surface area contributed by atoms with Crippen LogP contribution < -0.4 is 20.1 Å². The number of sulfonamides is 1. The van der Waals surface area contributed by atoms with Gasteiger partial charge in [-0.2, -0.15) is 0 Å². The second-order valence-corrected chi connectivity index (χ2v) is 20.2. The number of carbonyl (C=O) groups excluding carboxylic acids is 4. The number of aromatic nitrogens is 1. The first-order valence-corrected chi connectivity index (χ1v) is 23.9. The lowest BCUT2D eigenvalue weighted by molar-refractivity contribution is -0.141. The van der Waals surface area contributed by atoms with Gasteiger partial charge in [0.1, 0.15) is 46.7 Å². The number of alkyl carbamates (subject to hydrolysis) is 1. The van der Waals surface area contributed by atoms with Gasteiger partial charge in [0, 0.05) is 29.4 Å². The van der Waals surface area contributed by atoms with Crippen molar-refractivity contribution in [2.24, 2.45) is 5.92 Å². The molecule has 5 atom stereocenters. The number of pyridine rings is 1. The van der Waals surface area contributed by atoms with Gasteiger partial charge in [-0.25, -0.2) is 22.6 Å². The van der Waals surface area contributed by atoms with Gasteiger partial charge in [-0.3, -0.25) is 19.1 Å². The third-order valence-corrected chi connectivity index (χ3v) is 15.0. The van der Waals surface area contributed by atoms with Crippen molar-refractivity contribution in [3.63, 3.8) is 0 Å². The smallest absolute Gasteiger partial charge is 0.408 e. The number of amides is 4. The highest BCUT2D eigenvalue weighted by molar-refractivity contribution is 7.91. The molecule has 63 heavy (non-hydrogen) atoms. The molecule has 2 aromatic heterocycles. The van der Waals surface area contributed by atoms with Crippen molar-refractivity contribution in [3.05, 3.63) is 72.1 Å². The predicted molar refractivity (Wildman–Crippen MR) is 232 cm³/mol. The topological polar surface area (TPSA) is 186 Å². The number of benzene rings is 2. The van der Waals surface area contributed by atoms with E-state index >= 15 is 0 Å². The zero-order valence-corrected chi connectivity index (χ0v) is 36.4. The van der Waals surface area contributed by atoms with Gasteiger partial charge in [-0.1, -0.05) is 63.1 Å². The molecule has 334 valence electrons. The molecule has 9 rings (SSSR count). The second-order valence-electron chi connectivity index (χ2n) is 18.2. The number of carbonyl (C=O) groups is 4. The first-order chi connectivity index (χ1) is 30.3. The van der Waals surface area contributed by atoms with Crippen LogP contribution in [0.2, 0.25) is 0 Å². The number of furan rings is 1. The number of fused-ring (bicyclic) bond motifs is 5. The van der Waals surface area contributed by atoms with Crippen LogP contribution in [-0.2, 0) is 29.1 Å². The van der Waals surface area contributed by atoms with Gasteiger partial charge in [-0.05, 0) is 93.9 Å². The van der Waals surface area contributed by atoms with Crippen LogP contribution in [0.3, 0.4) is 0 Å². The Kier molecular flexibility index (Phi) is 11.7. The number of halogens is 1. The largest absolute Gasteiger partial charge is 0.484 e. The molecule has 4 aromatic rings. The van der Waals surface area contributed by atoms with Gasteiger partial charge in [-0.15, -0.1) is 0 Å². The second kappa shape index (κ2) is 17.2. The lowest BCUT2D eigenvalue weighted by Crippen LogP contribution is -2.58. The molecule has 2 aliphatic heterocycles. The molecule has 2 aromatic carbocycles. The van der Waals surface area contributed by atoms with Gasteiger partial charge in [0.25, 0.3) is 5.91 Å². The van der Waals surface area contributed by atoms with Crippen LogP contribution in [-0.4, -0.2) is 83.7 Å². The summed E-state index contributed by atoms with van der Waals surface area (Å²) in [5.74, 6) is -2.33.